The Hall–Kier alpha value is -1.33. The van der Waals surface area contributed by atoms with Crippen LogP contribution in [-0.4, -0.2) is 5.91 Å². The molecule has 1 atom stereocenters. The summed E-state index contributed by atoms with van der Waals surface area (Å²) in [6.07, 6.45) is 2.04. The number of benzene rings is 1. The average Bonchev–Trinajstić information content (AvgIpc) is 3.21. The number of carbonyl (C=O) groups is 1. The van der Waals surface area contributed by atoms with Crippen molar-refractivity contribution in [2.45, 2.75) is 25.8 Å². The molecular weight excluding hydrogens is 348 g/mol. The molecule has 1 amide bonds. The molecule has 0 radical (unpaired) electrons. The first-order valence-electron chi connectivity index (χ1n) is 7.04. The minimum Gasteiger partial charge on any atom is -0.378 e. The van der Waals surface area contributed by atoms with E-state index in [0.717, 1.165) is 28.7 Å². The molecule has 21 heavy (non-hydrogen) atoms. The molecule has 1 aromatic heterocycles. The maximum absolute atomic E-state index is 11.8. The lowest BCUT2D eigenvalue weighted by molar-refractivity contribution is -0.117. The predicted octanol–water partition coefficient (Wildman–Crippen LogP) is 5.03. The van der Waals surface area contributed by atoms with Gasteiger partial charge in [0.1, 0.15) is 0 Å². The van der Waals surface area contributed by atoms with Gasteiger partial charge in [0.15, 0.2) is 0 Å². The Balaban J connectivity index is 1.68. The van der Waals surface area contributed by atoms with Gasteiger partial charge in [-0.2, -0.15) is 0 Å². The summed E-state index contributed by atoms with van der Waals surface area (Å²) in [5.74, 6) is 0.365. The summed E-state index contributed by atoms with van der Waals surface area (Å²) in [5.41, 5.74) is 1.87. The maximum Gasteiger partial charge on any atom is 0.227 e. The number of hydrogen-bond donors (Lipinski definition) is 2. The van der Waals surface area contributed by atoms with Crippen LogP contribution in [0.2, 0.25) is 0 Å². The Morgan fingerprint density at radius 1 is 1.33 bits per heavy atom. The summed E-state index contributed by atoms with van der Waals surface area (Å²) >= 11 is 5.29. The highest BCUT2D eigenvalue weighted by atomic mass is 79.9. The van der Waals surface area contributed by atoms with Crippen molar-refractivity contribution >= 4 is 44.5 Å². The third kappa shape index (κ3) is 3.66. The zero-order valence-corrected chi connectivity index (χ0v) is 14.1. The summed E-state index contributed by atoms with van der Waals surface area (Å²) in [5, 5.41) is 8.52. The Morgan fingerprint density at radius 3 is 2.76 bits per heavy atom. The summed E-state index contributed by atoms with van der Waals surface area (Å²) in [7, 11) is 0. The molecule has 1 aliphatic rings. The first kappa shape index (κ1) is 14.6. The highest BCUT2D eigenvalue weighted by Crippen LogP contribution is 2.32. The molecule has 0 bridgehead atoms. The summed E-state index contributed by atoms with van der Waals surface area (Å²) in [6, 6.07) is 10.2. The molecule has 3 nitrogen and oxygen atoms in total. The minimum atomic E-state index is 0.140. The number of nitrogens with one attached hydrogen (secondary N) is 2. The van der Waals surface area contributed by atoms with Crippen LogP contribution in [-0.2, 0) is 4.79 Å². The van der Waals surface area contributed by atoms with Crippen molar-refractivity contribution in [3.8, 4) is 0 Å². The van der Waals surface area contributed by atoms with Crippen molar-refractivity contribution < 1.29 is 4.79 Å². The van der Waals surface area contributed by atoms with Crippen molar-refractivity contribution in [1.29, 1.82) is 0 Å². The summed E-state index contributed by atoms with van der Waals surface area (Å²) < 4.78 is 1.13. The molecule has 110 valence electrons. The van der Waals surface area contributed by atoms with E-state index in [-0.39, 0.29) is 17.9 Å². The van der Waals surface area contributed by atoms with Gasteiger partial charge in [0.2, 0.25) is 5.91 Å². The van der Waals surface area contributed by atoms with Crippen LogP contribution < -0.4 is 10.6 Å². The number of amides is 1. The fraction of sp³-hybridized carbons (Fsp3) is 0.312. The van der Waals surface area contributed by atoms with E-state index in [2.05, 4.69) is 44.9 Å². The van der Waals surface area contributed by atoms with Crippen molar-refractivity contribution in [2.75, 3.05) is 10.6 Å². The lowest BCUT2D eigenvalue weighted by atomic mass is 10.2. The molecule has 0 spiro atoms. The first-order chi connectivity index (χ1) is 10.1. The van der Waals surface area contributed by atoms with E-state index in [1.54, 1.807) is 11.3 Å². The molecule has 2 N–H and O–H groups in total. The van der Waals surface area contributed by atoms with Gasteiger partial charge in [-0.25, -0.2) is 0 Å². The van der Waals surface area contributed by atoms with Crippen LogP contribution >= 0.6 is 27.3 Å². The van der Waals surface area contributed by atoms with Gasteiger partial charge < -0.3 is 10.6 Å². The number of thiophene rings is 1. The normalized spacial score (nSPS) is 15.5. The molecule has 1 unspecified atom stereocenters. The second-order valence-corrected chi connectivity index (χ2v) is 7.15. The van der Waals surface area contributed by atoms with Crippen LogP contribution in [0.15, 0.2) is 40.2 Å². The molecule has 0 aliphatic heterocycles. The smallest absolute Gasteiger partial charge is 0.227 e. The molecule has 1 aliphatic carbocycles. The van der Waals surface area contributed by atoms with Gasteiger partial charge in [0.25, 0.3) is 0 Å². The third-order valence-corrected chi connectivity index (χ3v) is 5.55. The number of halogens is 1. The fourth-order valence-electron chi connectivity index (χ4n) is 2.21. The van der Waals surface area contributed by atoms with E-state index in [0.29, 0.717) is 0 Å². The molecule has 0 saturated heterocycles. The second kappa shape index (κ2) is 6.20. The zero-order valence-electron chi connectivity index (χ0n) is 11.7. The molecule has 1 aromatic carbocycles. The van der Waals surface area contributed by atoms with Gasteiger partial charge >= 0.3 is 0 Å². The van der Waals surface area contributed by atoms with E-state index in [4.69, 9.17) is 0 Å². The lowest BCUT2D eigenvalue weighted by Crippen LogP contribution is -2.13. The summed E-state index contributed by atoms with van der Waals surface area (Å²) in [4.78, 5) is 13.1. The molecule has 1 heterocycles. The monoisotopic (exact) mass is 364 g/mol. The molecule has 1 fully saturated rings. The summed E-state index contributed by atoms with van der Waals surface area (Å²) in [6.45, 7) is 2.13. The second-order valence-electron chi connectivity index (χ2n) is 5.34. The van der Waals surface area contributed by atoms with E-state index in [9.17, 15) is 4.79 Å². The van der Waals surface area contributed by atoms with E-state index in [1.807, 2.05) is 24.3 Å². The van der Waals surface area contributed by atoms with Crippen molar-refractivity contribution in [2.24, 2.45) is 5.92 Å². The van der Waals surface area contributed by atoms with Gasteiger partial charge in [0, 0.05) is 26.6 Å². The topological polar surface area (TPSA) is 41.1 Å². The number of anilines is 2. The van der Waals surface area contributed by atoms with Crippen molar-refractivity contribution in [3.05, 3.63) is 45.1 Å². The largest absolute Gasteiger partial charge is 0.378 e. The maximum atomic E-state index is 11.8. The van der Waals surface area contributed by atoms with Gasteiger partial charge in [-0.15, -0.1) is 11.3 Å². The highest BCUT2D eigenvalue weighted by Gasteiger charge is 2.29. The van der Waals surface area contributed by atoms with Gasteiger partial charge in [0.05, 0.1) is 6.04 Å². The quantitative estimate of drug-likeness (QED) is 0.780. The Bertz CT molecular complexity index is 651. The lowest BCUT2D eigenvalue weighted by Gasteiger charge is -2.15. The minimum absolute atomic E-state index is 0.140. The van der Waals surface area contributed by atoms with Crippen LogP contribution in [0.4, 0.5) is 11.4 Å². The number of carbonyl (C=O) groups excluding carboxylic acids is 1. The van der Waals surface area contributed by atoms with Crippen LogP contribution in [0.25, 0.3) is 0 Å². The third-order valence-electron chi connectivity index (χ3n) is 3.50. The van der Waals surface area contributed by atoms with Crippen LogP contribution in [0, 0.1) is 5.92 Å². The Morgan fingerprint density at radius 2 is 2.10 bits per heavy atom. The van der Waals surface area contributed by atoms with Crippen molar-refractivity contribution in [3.63, 3.8) is 0 Å². The molecule has 1 saturated carbocycles. The first-order valence-corrected chi connectivity index (χ1v) is 8.71. The molecular formula is C16H17BrN2OS. The van der Waals surface area contributed by atoms with Crippen LogP contribution in [0.5, 0.6) is 0 Å². The predicted molar refractivity (Wildman–Crippen MR) is 91.9 cm³/mol. The Kier molecular flexibility index (Phi) is 4.31. The van der Waals surface area contributed by atoms with Crippen LogP contribution in [0.1, 0.15) is 30.7 Å². The Labute approximate surface area is 136 Å². The standard InChI is InChI=1S/C16H17BrN2OS/c1-10(15-14(17)7-8-21-15)18-12-3-2-4-13(9-12)19-16(20)11-5-6-11/h2-4,7-11,18H,5-6H2,1H3,(H,19,20). The van der Waals surface area contributed by atoms with Crippen LogP contribution in [0.3, 0.4) is 0 Å². The number of hydrogen-bond acceptors (Lipinski definition) is 3. The molecule has 5 heteroatoms. The average molecular weight is 365 g/mol. The van der Waals surface area contributed by atoms with E-state index < -0.39 is 0 Å². The van der Waals surface area contributed by atoms with Gasteiger partial charge in [-0.05, 0) is 65.3 Å². The van der Waals surface area contributed by atoms with Gasteiger partial charge in [-0.3, -0.25) is 4.79 Å². The SMILES string of the molecule is CC(Nc1cccc(NC(=O)C2CC2)c1)c1sccc1Br. The van der Waals surface area contributed by atoms with Gasteiger partial charge in [-0.1, -0.05) is 6.07 Å². The highest BCUT2D eigenvalue weighted by molar-refractivity contribution is 9.10. The number of rotatable bonds is 5. The van der Waals surface area contributed by atoms with E-state index in [1.165, 1.54) is 4.88 Å². The molecule has 3 rings (SSSR count). The molecule has 2 aromatic rings. The van der Waals surface area contributed by atoms with Crippen molar-refractivity contribution in [1.82, 2.24) is 0 Å². The van der Waals surface area contributed by atoms with E-state index >= 15 is 0 Å². The zero-order chi connectivity index (χ0) is 14.8. The fourth-order valence-corrected chi connectivity index (χ4v) is 3.93.